The highest BCUT2D eigenvalue weighted by atomic mass is 16.6. The van der Waals surface area contributed by atoms with E-state index in [2.05, 4.69) is 5.32 Å². The number of hydrogen-bond acceptors (Lipinski definition) is 6. The van der Waals surface area contributed by atoms with Gasteiger partial charge in [0.15, 0.2) is 0 Å². The summed E-state index contributed by atoms with van der Waals surface area (Å²) in [4.78, 5) is 22.9. The second kappa shape index (κ2) is 8.97. The summed E-state index contributed by atoms with van der Waals surface area (Å²) in [6, 6.07) is 14.7. The van der Waals surface area contributed by atoms with E-state index in [0.29, 0.717) is 17.0 Å². The molecule has 31 heavy (non-hydrogen) atoms. The summed E-state index contributed by atoms with van der Waals surface area (Å²) in [6.07, 6.45) is 1.33. The molecule has 0 fully saturated rings. The molecule has 0 aliphatic rings. The van der Waals surface area contributed by atoms with Gasteiger partial charge in [-0.15, -0.1) is 0 Å². The molecule has 0 spiro atoms. The number of benzene rings is 2. The van der Waals surface area contributed by atoms with Gasteiger partial charge in [-0.1, -0.05) is 6.07 Å². The first-order valence-electron chi connectivity index (χ1n) is 9.25. The van der Waals surface area contributed by atoms with Crippen molar-refractivity contribution in [1.29, 1.82) is 5.26 Å². The first-order valence-corrected chi connectivity index (χ1v) is 9.25. The highest BCUT2D eigenvalue weighted by Crippen LogP contribution is 2.34. The van der Waals surface area contributed by atoms with Crippen molar-refractivity contribution in [2.75, 3.05) is 12.4 Å². The van der Waals surface area contributed by atoms with Gasteiger partial charge in [-0.2, -0.15) is 5.26 Å². The van der Waals surface area contributed by atoms with Crippen molar-refractivity contribution in [1.82, 2.24) is 0 Å². The number of hydrogen-bond donors (Lipinski definition) is 1. The monoisotopic (exact) mass is 417 g/mol. The Morgan fingerprint density at radius 3 is 2.58 bits per heavy atom. The van der Waals surface area contributed by atoms with Gasteiger partial charge >= 0.3 is 0 Å². The van der Waals surface area contributed by atoms with Crippen LogP contribution in [0.1, 0.15) is 16.9 Å². The number of amides is 1. The zero-order chi connectivity index (χ0) is 22.5. The molecule has 1 aromatic heterocycles. The molecule has 0 aliphatic heterocycles. The Kier molecular flexibility index (Phi) is 6.17. The molecule has 0 bridgehead atoms. The lowest BCUT2D eigenvalue weighted by atomic mass is 10.1. The summed E-state index contributed by atoms with van der Waals surface area (Å²) < 4.78 is 11.0. The van der Waals surface area contributed by atoms with Crippen LogP contribution in [-0.4, -0.2) is 17.9 Å². The lowest BCUT2D eigenvalue weighted by Crippen LogP contribution is -2.13. The van der Waals surface area contributed by atoms with Crippen molar-refractivity contribution in [3.63, 3.8) is 0 Å². The van der Waals surface area contributed by atoms with Crippen molar-refractivity contribution >= 4 is 23.4 Å². The minimum absolute atomic E-state index is 0.109. The summed E-state index contributed by atoms with van der Waals surface area (Å²) in [5.41, 5.74) is 2.97. The molecule has 1 N–H and O–H groups in total. The van der Waals surface area contributed by atoms with Gasteiger partial charge in [-0.05, 0) is 55.3 Å². The smallest absolute Gasteiger partial charge is 0.273 e. The zero-order valence-corrected chi connectivity index (χ0v) is 17.1. The Morgan fingerprint density at radius 1 is 1.16 bits per heavy atom. The average molecular weight is 417 g/mol. The second-order valence-electron chi connectivity index (χ2n) is 6.77. The normalized spacial score (nSPS) is 11.0. The summed E-state index contributed by atoms with van der Waals surface area (Å²) in [7, 11) is 1.40. The SMILES string of the molecule is COc1cc([N+](=O)[O-])ccc1-c1ccc(/C=C(\C#N)C(=O)Nc2ccc(C)c(C)c2)o1. The molecule has 0 saturated heterocycles. The Hall–Kier alpha value is -4.38. The molecule has 0 radical (unpaired) electrons. The number of carbonyl (C=O) groups excluding carboxylic acids is 1. The van der Waals surface area contributed by atoms with Crippen molar-refractivity contribution in [3.8, 4) is 23.1 Å². The van der Waals surface area contributed by atoms with Gasteiger partial charge in [0.2, 0.25) is 0 Å². The molecule has 0 atom stereocenters. The van der Waals surface area contributed by atoms with Gasteiger partial charge in [0.1, 0.15) is 28.9 Å². The van der Waals surface area contributed by atoms with Crippen LogP contribution < -0.4 is 10.1 Å². The fourth-order valence-corrected chi connectivity index (χ4v) is 2.88. The summed E-state index contributed by atoms with van der Waals surface area (Å²) in [6.45, 7) is 3.90. The molecule has 1 amide bonds. The van der Waals surface area contributed by atoms with E-state index >= 15 is 0 Å². The van der Waals surface area contributed by atoms with Gasteiger partial charge < -0.3 is 14.5 Å². The van der Waals surface area contributed by atoms with Gasteiger partial charge in [-0.25, -0.2) is 0 Å². The lowest BCUT2D eigenvalue weighted by Gasteiger charge is -2.07. The van der Waals surface area contributed by atoms with E-state index in [-0.39, 0.29) is 22.8 Å². The van der Waals surface area contributed by atoms with E-state index in [1.807, 2.05) is 32.0 Å². The number of nitro groups is 1. The molecule has 1 heterocycles. The van der Waals surface area contributed by atoms with Gasteiger partial charge in [0.25, 0.3) is 11.6 Å². The summed E-state index contributed by atoms with van der Waals surface area (Å²) in [5, 5.41) is 23.1. The molecule has 3 aromatic rings. The number of methoxy groups -OCH3 is 1. The highest BCUT2D eigenvalue weighted by molar-refractivity contribution is 6.09. The maximum absolute atomic E-state index is 12.5. The van der Waals surface area contributed by atoms with Gasteiger partial charge in [0.05, 0.1) is 23.7 Å². The third kappa shape index (κ3) is 4.79. The molecule has 156 valence electrons. The van der Waals surface area contributed by atoms with Crippen molar-refractivity contribution in [2.45, 2.75) is 13.8 Å². The van der Waals surface area contributed by atoms with Crippen LogP contribution >= 0.6 is 0 Å². The topological polar surface area (TPSA) is 118 Å². The Balaban J connectivity index is 1.85. The van der Waals surface area contributed by atoms with Crippen LogP contribution in [0.25, 0.3) is 17.4 Å². The first-order chi connectivity index (χ1) is 14.8. The first kappa shape index (κ1) is 21.3. The third-order valence-corrected chi connectivity index (χ3v) is 4.70. The molecular weight excluding hydrogens is 398 g/mol. The van der Waals surface area contributed by atoms with E-state index in [4.69, 9.17) is 9.15 Å². The fourth-order valence-electron chi connectivity index (χ4n) is 2.88. The highest BCUT2D eigenvalue weighted by Gasteiger charge is 2.16. The van der Waals surface area contributed by atoms with Gasteiger partial charge in [-0.3, -0.25) is 14.9 Å². The quantitative estimate of drug-likeness (QED) is 0.260. The number of rotatable bonds is 6. The third-order valence-electron chi connectivity index (χ3n) is 4.70. The number of furan rings is 1. The summed E-state index contributed by atoms with van der Waals surface area (Å²) in [5.74, 6) is 0.371. The Morgan fingerprint density at radius 2 is 1.94 bits per heavy atom. The zero-order valence-electron chi connectivity index (χ0n) is 17.1. The number of anilines is 1. The van der Waals surface area contributed by atoms with Crippen LogP contribution in [0, 0.1) is 35.3 Å². The molecule has 2 aromatic carbocycles. The van der Waals surface area contributed by atoms with Crippen LogP contribution in [0.2, 0.25) is 0 Å². The van der Waals surface area contributed by atoms with Gasteiger partial charge in [0, 0.05) is 17.8 Å². The molecule has 8 nitrogen and oxygen atoms in total. The number of nitrogens with one attached hydrogen (secondary N) is 1. The maximum Gasteiger partial charge on any atom is 0.273 e. The maximum atomic E-state index is 12.5. The fraction of sp³-hybridized carbons (Fsp3) is 0.130. The minimum Gasteiger partial charge on any atom is -0.496 e. The lowest BCUT2D eigenvalue weighted by molar-refractivity contribution is -0.384. The van der Waals surface area contributed by atoms with Crippen LogP contribution in [-0.2, 0) is 4.79 Å². The second-order valence-corrected chi connectivity index (χ2v) is 6.77. The number of nitro benzene ring substituents is 1. The predicted molar refractivity (Wildman–Crippen MR) is 115 cm³/mol. The molecule has 8 heteroatoms. The number of ether oxygens (including phenoxy) is 1. The van der Waals surface area contributed by atoms with Crippen molar-refractivity contribution in [3.05, 3.63) is 81.1 Å². The number of carbonyl (C=O) groups is 1. The minimum atomic E-state index is -0.559. The van der Waals surface area contributed by atoms with Crippen LogP contribution in [0.4, 0.5) is 11.4 Å². The largest absolute Gasteiger partial charge is 0.496 e. The number of nitriles is 1. The number of non-ortho nitro benzene ring substituents is 1. The molecule has 3 rings (SSSR count). The molecule has 0 aliphatic carbocycles. The van der Waals surface area contributed by atoms with E-state index in [0.717, 1.165) is 11.1 Å². The van der Waals surface area contributed by atoms with E-state index in [9.17, 15) is 20.2 Å². The average Bonchev–Trinajstić information content (AvgIpc) is 3.22. The Bertz CT molecular complexity index is 1230. The number of aryl methyl sites for hydroxylation is 2. The number of nitrogens with zero attached hydrogens (tertiary/aromatic N) is 2. The molecular formula is C23H19N3O5. The van der Waals surface area contributed by atoms with Crippen molar-refractivity contribution < 1.29 is 18.9 Å². The Labute approximate surface area is 178 Å². The van der Waals surface area contributed by atoms with Crippen molar-refractivity contribution in [2.24, 2.45) is 0 Å². The molecule has 0 unspecified atom stereocenters. The predicted octanol–water partition coefficient (Wildman–Crippen LogP) is 5.03. The summed E-state index contributed by atoms with van der Waals surface area (Å²) >= 11 is 0. The van der Waals surface area contributed by atoms with E-state index in [1.165, 1.54) is 31.4 Å². The van der Waals surface area contributed by atoms with Crippen LogP contribution in [0.5, 0.6) is 5.75 Å². The van der Waals surface area contributed by atoms with E-state index in [1.54, 1.807) is 18.2 Å². The van der Waals surface area contributed by atoms with E-state index < -0.39 is 10.8 Å². The molecule has 0 saturated carbocycles. The van der Waals surface area contributed by atoms with Crippen LogP contribution in [0.3, 0.4) is 0 Å². The standard InChI is InChI=1S/C23H19N3O5/c1-14-4-5-17(10-15(14)2)25-23(27)16(13-24)11-19-7-9-21(31-19)20-8-6-18(26(28)29)12-22(20)30-3/h4-12H,1-3H3,(H,25,27)/b16-11+. The van der Waals surface area contributed by atoms with Crippen LogP contribution in [0.15, 0.2) is 58.5 Å².